The molecule has 1 N–H and O–H groups in total. The molecular formula is C15H22N2. The summed E-state index contributed by atoms with van der Waals surface area (Å²) in [5, 5.41) is 3.41. The molecule has 1 fully saturated rings. The quantitative estimate of drug-likeness (QED) is 0.800. The van der Waals surface area contributed by atoms with E-state index in [1.54, 1.807) is 0 Å². The Morgan fingerprint density at radius 3 is 2.82 bits per heavy atom. The highest BCUT2D eigenvalue weighted by atomic mass is 15.2. The zero-order valence-corrected chi connectivity index (χ0v) is 10.7. The second-order valence-electron chi connectivity index (χ2n) is 4.74. The zero-order valence-electron chi connectivity index (χ0n) is 10.7. The van der Waals surface area contributed by atoms with Crippen molar-refractivity contribution in [1.82, 2.24) is 10.2 Å². The van der Waals surface area contributed by atoms with Crippen molar-refractivity contribution in [2.75, 3.05) is 26.2 Å². The number of nitrogens with one attached hydrogen (secondary N) is 1. The smallest absolute Gasteiger partial charge is 0.0383 e. The molecule has 0 spiro atoms. The second-order valence-corrected chi connectivity index (χ2v) is 4.74. The highest BCUT2D eigenvalue weighted by Gasteiger charge is 2.20. The topological polar surface area (TPSA) is 15.3 Å². The molecule has 0 unspecified atom stereocenters. The number of aryl methyl sites for hydroxylation is 1. The summed E-state index contributed by atoms with van der Waals surface area (Å²) in [4.78, 5) is 2.56. The van der Waals surface area contributed by atoms with Crippen LogP contribution in [0.25, 0.3) is 0 Å². The van der Waals surface area contributed by atoms with Crippen LogP contribution >= 0.6 is 0 Å². The minimum absolute atomic E-state index is 0.495. The number of benzene rings is 1. The second kappa shape index (κ2) is 5.99. The lowest BCUT2D eigenvalue weighted by Gasteiger charge is -2.35. The van der Waals surface area contributed by atoms with Crippen molar-refractivity contribution >= 4 is 0 Å². The fourth-order valence-corrected chi connectivity index (χ4v) is 2.53. The van der Waals surface area contributed by atoms with Crippen LogP contribution in [0.4, 0.5) is 0 Å². The third kappa shape index (κ3) is 3.18. The standard InChI is InChI=1S/C15H22N2/c1-3-5-15(17-10-8-16-9-11-17)14-7-4-6-13(2)12-14/h3-4,6-7,12,15-16H,1,5,8-11H2,2H3/t15-/m0/s1. The van der Waals surface area contributed by atoms with Gasteiger partial charge in [0.25, 0.3) is 0 Å². The monoisotopic (exact) mass is 230 g/mol. The summed E-state index contributed by atoms with van der Waals surface area (Å²) < 4.78 is 0. The molecule has 92 valence electrons. The SMILES string of the molecule is C=CC[C@@H](c1cccc(C)c1)N1CCNCC1. The molecule has 1 aromatic rings. The first-order chi connectivity index (χ1) is 8.31. The lowest BCUT2D eigenvalue weighted by molar-refractivity contribution is 0.174. The van der Waals surface area contributed by atoms with Crippen LogP contribution in [0.1, 0.15) is 23.6 Å². The number of nitrogens with zero attached hydrogens (tertiary/aromatic N) is 1. The lowest BCUT2D eigenvalue weighted by atomic mass is 9.99. The molecule has 1 aliphatic rings. The van der Waals surface area contributed by atoms with Crippen LogP contribution < -0.4 is 5.32 Å². The van der Waals surface area contributed by atoms with Gasteiger partial charge in [-0.25, -0.2) is 0 Å². The highest BCUT2D eigenvalue weighted by Crippen LogP contribution is 2.25. The molecule has 17 heavy (non-hydrogen) atoms. The van der Waals surface area contributed by atoms with Gasteiger partial charge in [0.15, 0.2) is 0 Å². The molecule has 1 aromatic carbocycles. The van der Waals surface area contributed by atoms with E-state index < -0.39 is 0 Å². The Kier molecular flexibility index (Phi) is 4.35. The Labute approximate surface area is 104 Å². The van der Waals surface area contributed by atoms with E-state index >= 15 is 0 Å². The van der Waals surface area contributed by atoms with E-state index in [1.807, 2.05) is 6.08 Å². The molecule has 0 radical (unpaired) electrons. The largest absolute Gasteiger partial charge is 0.314 e. The molecule has 1 heterocycles. The number of hydrogen-bond donors (Lipinski definition) is 1. The highest BCUT2D eigenvalue weighted by molar-refractivity contribution is 5.25. The van der Waals surface area contributed by atoms with Gasteiger partial charge in [0, 0.05) is 32.2 Å². The summed E-state index contributed by atoms with van der Waals surface area (Å²) in [5.41, 5.74) is 2.76. The summed E-state index contributed by atoms with van der Waals surface area (Å²) in [6.07, 6.45) is 3.07. The molecular weight excluding hydrogens is 208 g/mol. The summed E-state index contributed by atoms with van der Waals surface area (Å²) >= 11 is 0. The van der Waals surface area contributed by atoms with E-state index in [0.29, 0.717) is 6.04 Å². The fraction of sp³-hybridized carbons (Fsp3) is 0.467. The Morgan fingerprint density at radius 2 is 2.18 bits per heavy atom. The lowest BCUT2D eigenvalue weighted by Crippen LogP contribution is -2.45. The molecule has 0 aromatic heterocycles. The van der Waals surface area contributed by atoms with Crippen LogP contribution in [0, 0.1) is 6.92 Å². The Morgan fingerprint density at radius 1 is 1.41 bits per heavy atom. The summed E-state index contributed by atoms with van der Waals surface area (Å²) in [6, 6.07) is 9.35. The first kappa shape index (κ1) is 12.3. The first-order valence-corrected chi connectivity index (χ1v) is 6.43. The molecule has 2 rings (SSSR count). The van der Waals surface area contributed by atoms with Gasteiger partial charge in [-0.05, 0) is 18.9 Å². The van der Waals surface area contributed by atoms with Crippen LogP contribution in [0.15, 0.2) is 36.9 Å². The Hall–Kier alpha value is -1.12. The van der Waals surface area contributed by atoms with Gasteiger partial charge in [-0.1, -0.05) is 35.9 Å². The maximum Gasteiger partial charge on any atom is 0.0383 e. The van der Waals surface area contributed by atoms with Gasteiger partial charge in [0.05, 0.1) is 0 Å². The number of piperazine rings is 1. The normalized spacial score (nSPS) is 18.9. The van der Waals surface area contributed by atoms with Crippen LogP contribution in [-0.4, -0.2) is 31.1 Å². The number of rotatable bonds is 4. The molecule has 0 saturated carbocycles. The third-order valence-electron chi connectivity index (χ3n) is 3.41. The maximum absolute atomic E-state index is 3.90. The molecule has 1 aliphatic heterocycles. The van der Waals surface area contributed by atoms with E-state index in [-0.39, 0.29) is 0 Å². The van der Waals surface area contributed by atoms with Gasteiger partial charge in [-0.3, -0.25) is 4.90 Å². The molecule has 2 heteroatoms. The van der Waals surface area contributed by atoms with Gasteiger partial charge in [-0.2, -0.15) is 0 Å². The van der Waals surface area contributed by atoms with Crippen LogP contribution in [0.3, 0.4) is 0 Å². The van der Waals surface area contributed by atoms with Crippen LogP contribution in [0.2, 0.25) is 0 Å². The van der Waals surface area contributed by atoms with Gasteiger partial charge >= 0.3 is 0 Å². The van der Waals surface area contributed by atoms with Crippen molar-refractivity contribution in [1.29, 1.82) is 0 Å². The predicted octanol–water partition coefficient (Wildman–Crippen LogP) is 2.52. The fourth-order valence-electron chi connectivity index (χ4n) is 2.53. The zero-order chi connectivity index (χ0) is 12.1. The van der Waals surface area contributed by atoms with E-state index in [0.717, 1.165) is 32.6 Å². The van der Waals surface area contributed by atoms with Crippen molar-refractivity contribution in [2.24, 2.45) is 0 Å². The predicted molar refractivity (Wildman–Crippen MR) is 73.2 cm³/mol. The van der Waals surface area contributed by atoms with E-state index in [4.69, 9.17) is 0 Å². The van der Waals surface area contributed by atoms with Crippen molar-refractivity contribution in [3.8, 4) is 0 Å². The summed E-state index contributed by atoms with van der Waals surface area (Å²) in [7, 11) is 0. The van der Waals surface area contributed by atoms with Gasteiger partial charge in [0.2, 0.25) is 0 Å². The molecule has 0 bridgehead atoms. The number of hydrogen-bond acceptors (Lipinski definition) is 2. The average molecular weight is 230 g/mol. The molecule has 1 saturated heterocycles. The minimum Gasteiger partial charge on any atom is -0.314 e. The Balaban J connectivity index is 2.18. The minimum atomic E-state index is 0.495. The van der Waals surface area contributed by atoms with Crippen LogP contribution in [-0.2, 0) is 0 Å². The summed E-state index contributed by atoms with van der Waals surface area (Å²) in [5.74, 6) is 0. The van der Waals surface area contributed by atoms with Crippen LogP contribution in [0.5, 0.6) is 0 Å². The Bertz CT molecular complexity index is 367. The van der Waals surface area contributed by atoms with Crippen molar-refractivity contribution in [2.45, 2.75) is 19.4 Å². The molecule has 2 nitrogen and oxygen atoms in total. The third-order valence-corrected chi connectivity index (χ3v) is 3.41. The first-order valence-electron chi connectivity index (χ1n) is 6.43. The molecule has 0 amide bonds. The van der Waals surface area contributed by atoms with Gasteiger partial charge in [0.1, 0.15) is 0 Å². The molecule has 0 aliphatic carbocycles. The van der Waals surface area contributed by atoms with Gasteiger partial charge < -0.3 is 5.32 Å². The van der Waals surface area contributed by atoms with Crippen molar-refractivity contribution < 1.29 is 0 Å². The van der Waals surface area contributed by atoms with Crippen molar-refractivity contribution in [3.05, 3.63) is 48.0 Å². The molecule has 1 atom stereocenters. The average Bonchev–Trinajstić information content (AvgIpc) is 2.37. The van der Waals surface area contributed by atoms with Gasteiger partial charge in [-0.15, -0.1) is 6.58 Å². The maximum atomic E-state index is 3.90. The summed E-state index contributed by atoms with van der Waals surface area (Å²) in [6.45, 7) is 10.5. The van der Waals surface area contributed by atoms with E-state index in [9.17, 15) is 0 Å². The van der Waals surface area contributed by atoms with E-state index in [2.05, 4.69) is 48.0 Å². The van der Waals surface area contributed by atoms with E-state index in [1.165, 1.54) is 11.1 Å². The van der Waals surface area contributed by atoms with Crippen molar-refractivity contribution in [3.63, 3.8) is 0 Å².